The number of benzene rings is 1. The molecular weight excluding hydrogens is 248 g/mol. The fraction of sp³-hybridized carbons (Fsp3) is 0.429. The number of carbonyl (C=O) groups is 1. The number of nitrogens with one attached hydrogen (secondary N) is 1. The Hall–Kier alpha value is -1.35. The van der Waals surface area contributed by atoms with Crippen molar-refractivity contribution < 1.29 is 4.79 Å². The van der Waals surface area contributed by atoms with E-state index in [4.69, 9.17) is 11.6 Å². The van der Waals surface area contributed by atoms with Crippen LogP contribution in [0.5, 0.6) is 0 Å². The van der Waals surface area contributed by atoms with Crippen molar-refractivity contribution in [1.29, 1.82) is 0 Å². The zero-order chi connectivity index (χ0) is 12.8. The number of hydrogen-bond acceptors (Lipinski definition) is 2. The van der Waals surface area contributed by atoms with Crippen LogP contribution in [0.3, 0.4) is 0 Å². The van der Waals surface area contributed by atoms with Gasteiger partial charge in [0.25, 0.3) is 5.91 Å². The van der Waals surface area contributed by atoms with E-state index >= 15 is 0 Å². The van der Waals surface area contributed by atoms with Crippen LogP contribution in [0.4, 0.5) is 0 Å². The van der Waals surface area contributed by atoms with Crippen LogP contribution < -0.4 is 5.43 Å². The van der Waals surface area contributed by atoms with Crippen LogP contribution in [-0.4, -0.2) is 12.1 Å². The van der Waals surface area contributed by atoms with E-state index in [-0.39, 0.29) is 5.91 Å². The first-order valence-corrected chi connectivity index (χ1v) is 6.72. The second-order valence-electron chi connectivity index (χ2n) is 4.63. The Morgan fingerprint density at radius 3 is 2.83 bits per heavy atom. The van der Waals surface area contributed by atoms with E-state index in [9.17, 15) is 4.79 Å². The molecule has 0 spiro atoms. The van der Waals surface area contributed by atoms with Gasteiger partial charge in [-0.2, -0.15) is 5.10 Å². The Morgan fingerprint density at radius 2 is 2.11 bits per heavy atom. The molecule has 1 aromatic carbocycles. The molecule has 0 radical (unpaired) electrons. The second-order valence-corrected chi connectivity index (χ2v) is 5.06. The maximum atomic E-state index is 11.8. The minimum absolute atomic E-state index is 0.218. The van der Waals surface area contributed by atoms with Gasteiger partial charge in [0, 0.05) is 16.8 Å². The van der Waals surface area contributed by atoms with E-state index in [0.29, 0.717) is 16.5 Å². The summed E-state index contributed by atoms with van der Waals surface area (Å²) in [5.41, 5.74) is 3.08. The Bertz CT molecular complexity index is 439. The predicted octanol–water partition coefficient (Wildman–Crippen LogP) is 3.64. The van der Waals surface area contributed by atoms with Crippen molar-refractivity contribution in [3.05, 3.63) is 34.9 Å². The third kappa shape index (κ3) is 3.84. The van der Waals surface area contributed by atoms with Crippen molar-refractivity contribution in [3.63, 3.8) is 0 Å². The van der Waals surface area contributed by atoms with E-state index in [2.05, 4.69) is 10.5 Å². The van der Waals surface area contributed by atoms with Gasteiger partial charge in [-0.05, 0) is 37.0 Å². The molecule has 0 aliphatic heterocycles. The quantitative estimate of drug-likeness (QED) is 0.657. The lowest BCUT2D eigenvalue weighted by Gasteiger charge is -2.16. The van der Waals surface area contributed by atoms with Crippen molar-refractivity contribution in [2.75, 3.05) is 0 Å². The first-order chi connectivity index (χ1) is 8.75. The molecule has 0 aromatic heterocycles. The molecule has 1 fully saturated rings. The molecule has 96 valence electrons. The van der Waals surface area contributed by atoms with Gasteiger partial charge in [-0.25, -0.2) is 5.43 Å². The molecule has 0 saturated heterocycles. The van der Waals surface area contributed by atoms with Gasteiger partial charge in [-0.15, -0.1) is 0 Å². The smallest absolute Gasteiger partial charge is 0.267 e. The van der Waals surface area contributed by atoms with Gasteiger partial charge >= 0.3 is 0 Å². The van der Waals surface area contributed by atoms with E-state index in [1.54, 1.807) is 24.3 Å². The summed E-state index contributed by atoms with van der Waals surface area (Å²) >= 11 is 5.83. The summed E-state index contributed by atoms with van der Waals surface area (Å²) in [5.74, 6) is 0.294. The monoisotopic (exact) mass is 264 g/mol. The van der Waals surface area contributed by atoms with E-state index in [0.717, 1.165) is 0 Å². The Kier molecular flexibility index (Phi) is 4.76. The van der Waals surface area contributed by atoms with Crippen LogP contribution in [0.2, 0.25) is 5.02 Å². The molecule has 18 heavy (non-hydrogen) atoms. The van der Waals surface area contributed by atoms with Crippen molar-refractivity contribution in [2.45, 2.75) is 32.1 Å². The van der Waals surface area contributed by atoms with Gasteiger partial charge in [0.1, 0.15) is 0 Å². The minimum Gasteiger partial charge on any atom is -0.267 e. The van der Waals surface area contributed by atoms with Gasteiger partial charge in [-0.1, -0.05) is 36.9 Å². The van der Waals surface area contributed by atoms with Crippen molar-refractivity contribution in [2.24, 2.45) is 11.0 Å². The van der Waals surface area contributed by atoms with Crippen LogP contribution in [0.1, 0.15) is 42.5 Å². The van der Waals surface area contributed by atoms with E-state index in [1.807, 2.05) is 6.21 Å². The molecule has 0 atom stereocenters. The van der Waals surface area contributed by atoms with Crippen LogP contribution in [0.25, 0.3) is 0 Å². The van der Waals surface area contributed by atoms with Gasteiger partial charge in [0.2, 0.25) is 0 Å². The Labute approximate surface area is 112 Å². The van der Waals surface area contributed by atoms with Gasteiger partial charge in [0.15, 0.2) is 0 Å². The van der Waals surface area contributed by atoms with Crippen LogP contribution >= 0.6 is 11.6 Å². The maximum absolute atomic E-state index is 11.8. The third-order valence-corrected chi connectivity index (χ3v) is 3.42. The van der Waals surface area contributed by atoms with E-state index in [1.165, 1.54) is 32.1 Å². The third-order valence-electron chi connectivity index (χ3n) is 3.19. The molecule has 0 unspecified atom stereocenters. The zero-order valence-electron chi connectivity index (χ0n) is 10.2. The number of nitrogens with zero attached hydrogens (tertiary/aromatic N) is 1. The molecule has 1 amide bonds. The highest BCUT2D eigenvalue weighted by Gasteiger charge is 2.11. The number of hydrogen-bond donors (Lipinski definition) is 1. The lowest BCUT2D eigenvalue weighted by molar-refractivity contribution is 0.0955. The molecule has 1 aromatic rings. The topological polar surface area (TPSA) is 41.5 Å². The van der Waals surface area contributed by atoms with Gasteiger partial charge < -0.3 is 0 Å². The fourth-order valence-corrected chi connectivity index (χ4v) is 2.37. The standard InChI is InChI=1S/C14H17ClN2O/c15-13-8-4-7-12(9-13)14(18)17-16-10-11-5-2-1-3-6-11/h4,7-11H,1-3,5-6H2,(H,17,18)/b16-10+. The summed E-state index contributed by atoms with van der Waals surface area (Å²) in [6.07, 6.45) is 8.06. The summed E-state index contributed by atoms with van der Waals surface area (Å²) < 4.78 is 0. The van der Waals surface area contributed by atoms with Crippen molar-refractivity contribution >= 4 is 23.7 Å². The summed E-state index contributed by atoms with van der Waals surface area (Å²) in [5, 5.41) is 4.59. The second kappa shape index (κ2) is 6.55. The number of rotatable bonds is 3. The molecule has 1 aliphatic carbocycles. The summed E-state index contributed by atoms with van der Waals surface area (Å²) in [4.78, 5) is 11.8. The van der Waals surface area contributed by atoms with Gasteiger partial charge in [0.05, 0.1) is 0 Å². The summed E-state index contributed by atoms with van der Waals surface area (Å²) in [7, 11) is 0. The van der Waals surface area contributed by atoms with Gasteiger partial charge in [-0.3, -0.25) is 4.79 Å². The van der Waals surface area contributed by atoms with Crippen molar-refractivity contribution in [1.82, 2.24) is 5.43 Å². The van der Waals surface area contributed by atoms with Crippen LogP contribution in [-0.2, 0) is 0 Å². The van der Waals surface area contributed by atoms with Crippen molar-refractivity contribution in [3.8, 4) is 0 Å². The number of carbonyl (C=O) groups excluding carboxylic acids is 1. The molecular formula is C14H17ClN2O. The lowest BCUT2D eigenvalue weighted by atomic mass is 9.90. The maximum Gasteiger partial charge on any atom is 0.271 e. The average Bonchev–Trinajstić information content (AvgIpc) is 2.40. The molecule has 3 nitrogen and oxygen atoms in total. The highest BCUT2D eigenvalue weighted by Crippen LogP contribution is 2.21. The summed E-state index contributed by atoms with van der Waals surface area (Å²) in [6, 6.07) is 6.84. The lowest BCUT2D eigenvalue weighted by Crippen LogP contribution is -2.19. The average molecular weight is 265 g/mol. The number of halogens is 1. The highest BCUT2D eigenvalue weighted by atomic mass is 35.5. The Morgan fingerprint density at radius 1 is 1.33 bits per heavy atom. The molecule has 1 N–H and O–H groups in total. The van der Waals surface area contributed by atoms with Crippen LogP contribution in [0, 0.1) is 5.92 Å². The largest absolute Gasteiger partial charge is 0.271 e. The first-order valence-electron chi connectivity index (χ1n) is 6.35. The molecule has 2 rings (SSSR count). The zero-order valence-corrected chi connectivity index (χ0v) is 11.0. The Balaban J connectivity index is 1.86. The first kappa shape index (κ1) is 13.1. The molecule has 1 saturated carbocycles. The fourth-order valence-electron chi connectivity index (χ4n) is 2.18. The molecule has 0 heterocycles. The SMILES string of the molecule is O=C(N/N=C/C1CCCCC1)c1cccc(Cl)c1. The summed E-state index contributed by atoms with van der Waals surface area (Å²) in [6.45, 7) is 0. The number of hydrazone groups is 1. The van der Waals surface area contributed by atoms with Crippen LogP contribution in [0.15, 0.2) is 29.4 Å². The predicted molar refractivity (Wildman–Crippen MR) is 74.0 cm³/mol. The number of amides is 1. The normalized spacial score (nSPS) is 16.9. The molecule has 1 aliphatic rings. The molecule has 4 heteroatoms. The minimum atomic E-state index is -0.218. The van der Waals surface area contributed by atoms with E-state index < -0.39 is 0 Å². The molecule has 0 bridgehead atoms. The highest BCUT2D eigenvalue weighted by molar-refractivity contribution is 6.30.